The molecule has 34 heavy (non-hydrogen) atoms. The second-order valence-corrected chi connectivity index (χ2v) is 9.54. The van der Waals surface area contributed by atoms with Crippen LogP contribution in [-0.4, -0.2) is 24.8 Å². The van der Waals surface area contributed by atoms with E-state index in [1.165, 1.54) is 6.07 Å². The zero-order valence-corrected chi connectivity index (χ0v) is 19.0. The molecule has 0 amide bonds. The molecule has 1 atom stereocenters. The molecule has 5 rings (SSSR count). The van der Waals surface area contributed by atoms with Gasteiger partial charge in [-0.15, -0.1) is 0 Å². The van der Waals surface area contributed by atoms with Gasteiger partial charge in [0, 0.05) is 18.1 Å². The topological polar surface area (TPSA) is 83.8 Å². The third-order valence-electron chi connectivity index (χ3n) is 7.68. The Labute approximate surface area is 196 Å². The van der Waals surface area contributed by atoms with Crippen molar-refractivity contribution in [1.29, 1.82) is 5.26 Å². The molecule has 8 heteroatoms. The molecule has 0 radical (unpaired) electrons. The summed E-state index contributed by atoms with van der Waals surface area (Å²) >= 11 is 0. The molecule has 2 aromatic carbocycles. The van der Waals surface area contributed by atoms with Gasteiger partial charge in [0.1, 0.15) is 5.84 Å². The molecule has 2 N–H and O–H groups in total. The smallest absolute Gasteiger partial charge is 0.382 e. The van der Waals surface area contributed by atoms with Crippen LogP contribution in [0, 0.1) is 16.7 Å². The Morgan fingerprint density at radius 1 is 1.09 bits per heavy atom. The van der Waals surface area contributed by atoms with E-state index in [0.29, 0.717) is 22.7 Å². The number of benzene rings is 2. The third-order valence-corrected chi connectivity index (χ3v) is 7.68. The fraction of sp³-hybridized carbons (Fsp3) is 0.423. The van der Waals surface area contributed by atoms with Crippen molar-refractivity contribution in [2.45, 2.75) is 57.0 Å². The van der Waals surface area contributed by atoms with Crippen molar-refractivity contribution in [3.63, 3.8) is 0 Å². The standard InChI is InChI=1S/C26H25F3N4O/c1-15-23(31)33-25(32-15)22-12-17(19-9-16(14-30)10-20(11-19)26(27,28)29)3-4-18(22)13-24(25)7-5-21(34-2)6-8-24/h3-4,9-12,21H,5-8,13H2,1-2H3,(H2,31,33). The lowest BCUT2D eigenvalue weighted by Crippen LogP contribution is -2.43. The van der Waals surface area contributed by atoms with Gasteiger partial charge in [-0.1, -0.05) is 12.1 Å². The van der Waals surface area contributed by atoms with Crippen molar-refractivity contribution in [1.82, 2.24) is 0 Å². The number of methoxy groups -OCH3 is 1. The molecule has 5 nitrogen and oxygen atoms in total. The quantitative estimate of drug-likeness (QED) is 0.647. The fourth-order valence-corrected chi connectivity index (χ4v) is 5.87. The molecule has 1 unspecified atom stereocenters. The Kier molecular flexibility index (Phi) is 5.10. The van der Waals surface area contributed by atoms with Gasteiger partial charge >= 0.3 is 6.18 Å². The number of fused-ring (bicyclic) bond motifs is 3. The summed E-state index contributed by atoms with van der Waals surface area (Å²) in [5, 5.41) is 9.31. The molecule has 3 aliphatic rings. The summed E-state index contributed by atoms with van der Waals surface area (Å²) in [5.74, 6) is 0.400. The zero-order chi connectivity index (χ0) is 24.3. The molecule has 176 valence electrons. The normalized spacial score (nSPS) is 28.1. The Bertz CT molecular complexity index is 1250. The summed E-state index contributed by atoms with van der Waals surface area (Å²) in [5.41, 5.74) is 7.79. The van der Waals surface area contributed by atoms with Crippen LogP contribution in [0.5, 0.6) is 0 Å². The Morgan fingerprint density at radius 2 is 1.82 bits per heavy atom. The number of halogens is 3. The highest BCUT2D eigenvalue weighted by atomic mass is 19.4. The van der Waals surface area contributed by atoms with Gasteiger partial charge in [-0.2, -0.15) is 18.4 Å². The van der Waals surface area contributed by atoms with Crippen LogP contribution in [0.3, 0.4) is 0 Å². The van der Waals surface area contributed by atoms with Crippen LogP contribution in [0.4, 0.5) is 13.2 Å². The lowest BCUT2D eigenvalue weighted by atomic mass is 9.65. The van der Waals surface area contributed by atoms with Crippen LogP contribution in [0.15, 0.2) is 46.4 Å². The fourth-order valence-electron chi connectivity index (χ4n) is 5.87. The van der Waals surface area contributed by atoms with Crippen LogP contribution < -0.4 is 5.73 Å². The van der Waals surface area contributed by atoms with Gasteiger partial charge in [-0.05, 0) is 80.0 Å². The summed E-state index contributed by atoms with van der Waals surface area (Å²) in [6, 6.07) is 11.0. The highest BCUT2D eigenvalue weighted by Gasteiger charge is 2.60. The first-order valence-electron chi connectivity index (χ1n) is 11.3. The van der Waals surface area contributed by atoms with Gasteiger partial charge in [-0.25, -0.2) is 4.99 Å². The molecule has 1 aliphatic heterocycles. The lowest BCUT2D eigenvalue weighted by molar-refractivity contribution is -0.137. The molecule has 0 aromatic heterocycles. The maximum absolute atomic E-state index is 13.5. The van der Waals surface area contributed by atoms with Gasteiger partial charge in [0.15, 0.2) is 5.66 Å². The number of nitrogens with zero attached hydrogens (tertiary/aromatic N) is 3. The first-order valence-corrected chi connectivity index (χ1v) is 11.3. The number of nitrogens with two attached hydrogens (primary N) is 1. The monoisotopic (exact) mass is 466 g/mol. The molecule has 1 fully saturated rings. The van der Waals surface area contributed by atoms with Crippen molar-refractivity contribution in [2.24, 2.45) is 21.1 Å². The number of hydrogen-bond acceptors (Lipinski definition) is 5. The zero-order valence-electron chi connectivity index (χ0n) is 19.0. The molecule has 2 aromatic rings. The predicted octanol–water partition coefficient (Wildman–Crippen LogP) is 5.36. The Morgan fingerprint density at radius 3 is 2.41 bits per heavy atom. The molecule has 0 saturated heterocycles. The van der Waals surface area contributed by atoms with Gasteiger partial charge in [0.2, 0.25) is 0 Å². The van der Waals surface area contributed by atoms with E-state index in [9.17, 15) is 18.4 Å². The summed E-state index contributed by atoms with van der Waals surface area (Å²) in [6.07, 6.45) is -0.0568. The molecule has 1 saturated carbocycles. The predicted molar refractivity (Wildman–Crippen MR) is 123 cm³/mol. The van der Waals surface area contributed by atoms with Gasteiger partial charge in [0.25, 0.3) is 0 Å². The summed E-state index contributed by atoms with van der Waals surface area (Å²) in [6.45, 7) is 1.84. The number of ether oxygens (including phenoxy) is 1. The van der Waals surface area contributed by atoms with E-state index in [0.717, 1.165) is 55.4 Å². The van der Waals surface area contributed by atoms with E-state index >= 15 is 0 Å². The molecule has 2 aliphatic carbocycles. The van der Waals surface area contributed by atoms with Crippen molar-refractivity contribution >= 4 is 11.5 Å². The second kappa shape index (κ2) is 7.67. The molecule has 0 bridgehead atoms. The van der Waals surface area contributed by atoms with Crippen LogP contribution in [0.1, 0.15) is 54.9 Å². The van der Waals surface area contributed by atoms with E-state index < -0.39 is 17.4 Å². The molecule has 2 spiro atoms. The van der Waals surface area contributed by atoms with Crippen molar-refractivity contribution in [3.05, 3.63) is 58.7 Å². The van der Waals surface area contributed by atoms with Gasteiger partial charge < -0.3 is 10.5 Å². The van der Waals surface area contributed by atoms with Crippen molar-refractivity contribution < 1.29 is 17.9 Å². The van der Waals surface area contributed by atoms with Crippen LogP contribution in [0.25, 0.3) is 11.1 Å². The lowest BCUT2D eigenvalue weighted by Gasteiger charge is -2.44. The first-order chi connectivity index (χ1) is 16.1. The van der Waals surface area contributed by atoms with Crippen LogP contribution in [0.2, 0.25) is 0 Å². The number of amidine groups is 1. The van der Waals surface area contributed by atoms with E-state index in [1.807, 2.05) is 31.2 Å². The van der Waals surface area contributed by atoms with E-state index in [1.54, 1.807) is 7.11 Å². The Balaban J connectivity index is 1.65. The van der Waals surface area contributed by atoms with Gasteiger partial charge in [-0.3, -0.25) is 4.99 Å². The number of alkyl halides is 3. The maximum Gasteiger partial charge on any atom is 0.416 e. The summed E-state index contributed by atoms with van der Waals surface area (Å²) < 4.78 is 46.0. The second-order valence-electron chi connectivity index (χ2n) is 9.54. The SMILES string of the molecule is COC1CCC2(CC1)Cc1ccc(-c3cc(C#N)cc(C(F)(F)F)c3)cc1C21N=C(C)C(N)=N1. The van der Waals surface area contributed by atoms with Crippen molar-refractivity contribution in [2.75, 3.05) is 7.11 Å². The minimum atomic E-state index is -4.55. The van der Waals surface area contributed by atoms with E-state index in [4.69, 9.17) is 20.5 Å². The average molecular weight is 467 g/mol. The van der Waals surface area contributed by atoms with E-state index in [2.05, 4.69) is 0 Å². The minimum absolute atomic E-state index is 0.0357. The maximum atomic E-state index is 13.5. The number of aliphatic imine (C=N–C) groups is 2. The highest BCUT2D eigenvalue weighted by molar-refractivity contribution is 6.41. The Hall–Kier alpha value is -3.18. The van der Waals surface area contributed by atoms with Crippen LogP contribution in [-0.2, 0) is 23.0 Å². The molecular formula is C26H25F3N4O. The molecule has 1 heterocycles. The van der Waals surface area contributed by atoms with Crippen molar-refractivity contribution in [3.8, 4) is 17.2 Å². The summed E-state index contributed by atoms with van der Waals surface area (Å²) in [7, 11) is 1.73. The summed E-state index contributed by atoms with van der Waals surface area (Å²) in [4.78, 5) is 9.92. The largest absolute Gasteiger partial charge is 0.416 e. The average Bonchev–Trinajstić information content (AvgIpc) is 3.26. The number of hydrogen-bond donors (Lipinski definition) is 1. The van der Waals surface area contributed by atoms with E-state index in [-0.39, 0.29) is 17.1 Å². The number of rotatable bonds is 2. The number of nitriles is 1. The minimum Gasteiger partial charge on any atom is -0.382 e. The molecular weight excluding hydrogens is 441 g/mol. The highest BCUT2D eigenvalue weighted by Crippen LogP contribution is 2.62. The third kappa shape index (κ3) is 3.33. The first kappa shape index (κ1) is 22.6. The van der Waals surface area contributed by atoms with Crippen LogP contribution >= 0.6 is 0 Å². The van der Waals surface area contributed by atoms with Gasteiger partial charge in [0.05, 0.1) is 29.0 Å².